The number of aromatic amines is 1. The second kappa shape index (κ2) is 8.57. The Morgan fingerprint density at radius 3 is 2.74 bits per heavy atom. The van der Waals surface area contributed by atoms with Crippen molar-refractivity contribution in [2.24, 2.45) is 0 Å². The number of H-pyrrole nitrogens is 1. The Balaban J connectivity index is 1.43. The third-order valence-corrected chi connectivity index (χ3v) is 6.60. The smallest absolute Gasteiger partial charge is 0.193 e. The molecular weight excluding hydrogens is 444 g/mol. The minimum absolute atomic E-state index is 0.502. The van der Waals surface area contributed by atoms with Crippen LogP contribution in [0.15, 0.2) is 85.3 Å². The van der Waals surface area contributed by atoms with Crippen LogP contribution < -0.4 is 4.74 Å². The fraction of sp³-hybridized carbons (Fsp3) is 0.0769. The molecule has 0 aliphatic heterocycles. The Morgan fingerprint density at radius 1 is 1.00 bits per heavy atom. The van der Waals surface area contributed by atoms with Crippen LogP contribution in [0.25, 0.3) is 38.0 Å². The Morgan fingerprint density at radius 2 is 1.88 bits per heavy atom. The largest absolute Gasteiger partial charge is 0.489 e. The first kappa shape index (κ1) is 20.3. The molecule has 6 aromatic rings. The lowest BCUT2D eigenvalue weighted by molar-refractivity contribution is 0.306. The highest BCUT2D eigenvalue weighted by molar-refractivity contribution is 7.19. The minimum Gasteiger partial charge on any atom is -0.489 e. The lowest BCUT2D eigenvalue weighted by atomic mass is 10.1. The van der Waals surface area contributed by atoms with E-state index in [0.29, 0.717) is 12.4 Å². The van der Waals surface area contributed by atoms with Crippen molar-refractivity contribution in [3.8, 4) is 38.3 Å². The van der Waals surface area contributed by atoms with E-state index in [-0.39, 0.29) is 0 Å². The maximum atomic E-state index is 6.07. The normalized spacial score (nSPS) is 11.2. The van der Waals surface area contributed by atoms with Crippen molar-refractivity contribution in [2.45, 2.75) is 13.5 Å². The zero-order chi connectivity index (χ0) is 22.9. The van der Waals surface area contributed by atoms with Crippen LogP contribution in [0.4, 0.5) is 0 Å². The van der Waals surface area contributed by atoms with Gasteiger partial charge in [0.2, 0.25) is 0 Å². The van der Waals surface area contributed by atoms with Crippen molar-refractivity contribution in [2.75, 3.05) is 0 Å². The van der Waals surface area contributed by atoms with Gasteiger partial charge < -0.3 is 4.74 Å². The quantitative estimate of drug-likeness (QED) is 0.337. The first-order chi connectivity index (χ1) is 16.8. The zero-order valence-corrected chi connectivity index (χ0v) is 19.2. The van der Waals surface area contributed by atoms with Gasteiger partial charge in [-0.2, -0.15) is 10.2 Å². The van der Waals surface area contributed by atoms with Crippen molar-refractivity contribution in [3.63, 3.8) is 0 Å². The van der Waals surface area contributed by atoms with Gasteiger partial charge in [0.15, 0.2) is 5.82 Å². The van der Waals surface area contributed by atoms with E-state index >= 15 is 0 Å². The Labute approximate surface area is 199 Å². The Hall–Kier alpha value is -4.30. The van der Waals surface area contributed by atoms with Crippen molar-refractivity contribution >= 4 is 16.9 Å². The summed E-state index contributed by atoms with van der Waals surface area (Å²) in [4.78, 5) is 10.4. The average Bonchev–Trinajstić information content (AvgIpc) is 3.61. The Bertz CT molecular complexity index is 1570. The summed E-state index contributed by atoms with van der Waals surface area (Å²) in [7, 11) is 0. The zero-order valence-electron chi connectivity index (χ0n) is 18.3. The molecule has 7 nitrogen and oxygen atoms in total. The number of aromatic nitrogens is 6. The van der Waals surface area contributed by atoms with Gasteiger partial charge in [-0.1, -0.05) is 48.5 Å². The molecule has 0 bridgehead atoms. The lowest BCUT2D eigenvalue weighted by Crippen LogP contribution is -1.95. The molecular formula is C26H20N6OS. The van der Waals surface area contributed by atoms with Crippen molar-refractivity contribution < 1.29 is 4.74 Å². The number of nitrogens with zero attached hydrogens (tertiary/aromatic N) is 5. The number of hydrogen-bond donors (Lipinski definition) is 1. The van der Waals surface area contributed by atoms with Crippen LogP contribution in [0.1, 0.15) is 11.3 Å². The maximum Gasteiger partial charge on any atom is 0.193 e. The molecule has 0 radical (unpaired) electrons. The van der Waals surface area contributed by atoms with E-state index in [1.165, 1.54) is 0 Å². The van der Waals surface area contributed by atoms with E-state index in [1.807, 2.05) is 72.2 Å². The summed E-state index contributed by atoms with van der Waals surface area (Å²) >= 11 is 1.56. The van der Waals surface area contributed by atoms with Crippen LogP contribution in [0.5, 0.6) is 5.75 Å². The van der Waals surface area contributed by atoms with E-state index in [1.54, 1.807) is 17.7 Å². The fourth-order valence-corrected chi connectivity index (χ4v) is 5.08. The van der Waals surface area contributed by atoms with Crippen LogP contribution in [-0.4, -0.2) is 29.8 Å². The first-order valence-electron chi connectivity index (χ1n) is 10.8. The van der Waals surface area contributed by atoms with Gasteiger partial charge in [0, 0.05) is 11.8 Å². The number of rotatable bonds is 6. The molecule has 2 aromatic carbocycles. The molecule has 0 aliphatic rings. The number of hydrogen-bond acceptors (Lipinski definition) is 6. The lowest BCUT2D eigenvalue weighted by Gasteiger charge is -2.08. The van der Waals surface area contributed by atoms with Crippen molar-refractivity contribution in [1.29, 1.82) is 0 Å². The van der Waals surface area contributed by atoms with Gasteiger partial charge in [0.05, 0.1) is 22.5 Å². The Kier molecular flexibility index (Phi) is 5.12. The SMILES string of the molecule is Cc1nn2ccccc2c1-c1nc(-c2cccc(OCc3ccccc3)c2)c(-c2nc[nH]n2)s1. The van der Waals surface area contributed by atoms with E-state index in [2.05, 4.69) is 38.5 Å². The topological polar surface area (TPSA) is 81.0 Å². The third kappa shape index (κ3) is 3.74. The van der Waals surface area contributed by atoms with E-state index in [4.69, 9.17) is 9.72 Å². The highest BCUT2D eigenvalue weighted by Gasteiger charge is 2.22. The summed E-state index contributed by atoms with van der Waals surface area (Å²) < 4.78 is 7.95. The molecule has 0 aliphatic carbocycles. The number of thiazole rings is 1. The summed E-state index contributed by atoms with van der Waals surface area (Å²) in [6, 6.07) is 24.2. The summed E-state index contributed by atoms with van der Waals surface area (Å²) in [6.07, 6.45) is 3.53. The molecule has 0 saturated heterocycles. The number of fused-ring (bicyclic) bond motifs is 1. The second-order valence-corrected chi connectivity index (χ2v) is 8.81. The van der Waals surface area contributed by atoms with Gasteiger partial charge in [-0.15, -0.1) is 11.3 Å². The van der Waals surface area contributed by atoms with Crippen LogP contribution in [0.2, 0.25) is 0 Å². The number of benzene rings is 2. The predicted octanol–water partition coefficient (Wildman–Crippen LogP) is 5.80. The summed E-state index contributed by atoms with van der Waals surface area (Å²) in [6.45, 7) is 2.51. The van der Waals surface area contributed by atoms with Gasteiger partial charge in [0.25, 0.3) is 0 Å². The number of nitrogens with one attached hydrogen (secondary N) is 1. The molecule has 0 spiro atoms. The standard InChI is InChI=1S/C26H20N6OS/c1-17-22(21-12-5-6-13-32(21)31-17)26-29-23(24(34-26)25-27-16-28-30-25)19-10-7-11-20(14-19)33-15-18-8-3-2-4-9-18/h2-14,16H,15H2,1H3,(H,27,28,30). The maximum absolute atomic E-state index is 6.07. The van der Waals surface area contributed by atoms with E-state index in [9.17, 15) is 0 Å². The van der Waals surface area contributed by atoms with Gasteiger partial charge >= 0.3 is 0 Å². The minimum atomic E-state index is 0.502. The van der Waals surface area contributed by atoms with Crippen LogP contribution in [0, 0.1) is 6.92 Å². The van der Waals surface area contributed by atoms with Gasteiger partial charge in [-0.3, -0.25) is 5.10 Å². The van der Waals surface area contributed by atoms with E-state index < -0.39 is 0 Å². The highest BCUT2D eigenvalue weighted by atomic mass is 32.1. The molecule has 4 heterocycles. The highest BCUT2D eigenvalue weighted by Crippen LogP contribution is 2.41. The molecule has 34 heavy (non-hydrogen) atoms. The molecule has 8 heteroatoms. The van der Waals surface area contributed by atoms with E-state index in [0.717, 1.165) is 49.2 Å². The fourth-order valence-electron chi connectivity index (χ4n) is 3.95. The molecule has 6 rings (SSSR count). The molecule has 0 atom stereocenters. The summed E-state index contributed by atoms with van der Waals surface area (Å²) in [5.41, 5.74) is 5.84. The molecule has 4 aromatic heterocycles. The van der Waals surface area contributed by atoms with Crippen LogP contribution in [-0.2, 0) is 6.61 Å². The molecule has 1 N–H and O–H groups in total. The molecule has 0 fully saturated rings. The predicted molar refractivity (Wildman–Crippen MR) is 133 cm³/mol. The third-order valence-electron chi connectivity index (χ3n) is 5.53. The average molecular weight is 465 g/mol. The van der Waals surface area contributed by atoms with Crippen molar-refractivity contribution in [3.05, 3.63) is 96.6 Å². The summed E-state index contributed by atoms with van der Waals surface area (Å²) in [5, 5.41) is 12.7. The molecule has 166 valence electrons. The van der Waals surface area contributed by atoms with Crippen molar-refractivity contribution in [1.82, 2.24) is 29.8 Å². The molecule has 0 unspecified atom stereocenters. The number of ether oxygens (including phenoxy) is 1. The first-order valence-corrected chi connectivity index (χ1v) is 11.7. The van der Waals surface area contributed by atoms with Crippen LogP contribution >= 0.6 is 11.3 Å². The monoisotopic (exact) mass is 464 g/mol. The molecule has 0 saturated carbocycles. The van der Waals surface area contributed by atoms with Gasteiger partial charge in [0.1, 0.15) is 28.6 Å². The second-order valence-electron chi connectivity index (χ2n) is 7.81. The van der Waals surface area contributed by atoms with Gasteiger partial charge in [-0.05, 0) is 36.8 Å². The number of aryl methyl sites for hydroxylation is 1. The number of pyridine rings is 1. The molecule has 0 amide bonds. The summed E-state index contributed by atoms with van der Waals surface area (Å²) in [5.74, 6) is 1.40. The van der Waals surface area contributed by atoms with Gasteiger partial charge in [-0.25, -0.2) is 14.5 Å². The van der Waals surface area contributed by atoms with Crippen LogP contribution in [0.3, 0.4) is 0 Å².